The lowest BCUT2D eigenvalue weighted by Gasteiger charge is -2.25. The monoisotopic (exact) mass is 385 g/mol. The maximum atomic E-state index is 14.2. The summed E-state index contributed by atoms with van der Waals surface area (Å²) in [6, 6.07) is 13.7. The summed E-state index contributed by atoms with van der Waals surface area (Å²) in [7, 11) is 3.86. The number of nitrogens with zero attached hydrogens (tertiary/aromatic N) is 3. The Kier molecular flexibility index (Phi) is 6.04. The number of hydrogen-bond acceptors (Lipinski definition) is 3. The molecule has 6 heteroatoms. The van der Waals surface area contributed by atoms with Crippen molar-refractivity contribution in [3.8, 4) is 0 Å². The van der Waals surface area contributed by atoms with E-state index in [-0.39, 0.29) is 18.3 Å². The fourth-order valence-electron chi connectivity index (χ4n) is 2.89. The molecular formula is C21H21ClFN3O. The molecule has 0 radical (unpaired) electrons. The average Bonchev–Trinajstić information content (AvgIpc) is 2.66. The highest BCUT2D eigenvalue weighted by molar-refractivity contribution is 6.35. The van der Waals surface area contributed by atoms with Crippen LogP contribution in [0.5, 0.6) is 0 Å². The van der Waals surface area contributed by atoms with Gasteiger partial charge in [0.25, 0.3) is 5.91 Å². The molecule has 1 aromatic heterocycles. The fourth-order valence-corrected chi connectivity index (χ4v) is 3.12. The minimum absolute atomic E-state index is 0.166. The summed E-state index contributed by atoms with van der Waals surface area (Å²) in [5, 5.41) is 1.18. The van der Waals surface area contributed by atoms with Crippen molar-refractivity contribution in [1.29, 1.82) is 0 Å². The Hall–Kier alpha value is -2.50. The molecule has 0 N–H and O–H groups in total. The standard InChI is InChI=1S/C21H21ClFN3O/c1-25(2)12-13-26(14-16-6-3-4-8-18(16)23)21(27)19-17(22)10-9-15-7-5-11-24-20(15)19/h3-11H,12-14H2,1-2H3. The van der Waals surface area contributed by atoms with E-state index < -0.39 is 0 Å². The van der Waals surface area contributed by atoms with Gasteiger partial charge in [0.2, 0.25) is 0 Å². The van der Waals surface area contributed by atoms with Crippen LogP contribution in [0.1, 0.15) is 15.9 Å². The van der Waals surface area contributed by atoms with Gasteiger partial charge in [-0.15, -0.1) is 0 Å². The van der Waals surface area contributed by atoms with Gasteiger partial charge in [-0.1, -0.05) is 41.9 Å². The zero-order valence-corrected chi connectivity index (χ0v) is 16.1. The molecule has 1 heterocycles. The predicted octanol–water partition coefficient (Wildman–Crippen LogP) is 4.23. The molecule has 1 amide bonds. The number of hydrogen-bond donors (Lipinski definition) is 0. The van der Waals surface area contributed by atoms with Gasteiger partial charge >= 0.3 is 0 Å². The quantitative estimate of drug-likeness (QED) is 0.637. The zero-order valence-electron chi connectivity index (χ0n) is 15.3. The number of carbonyl (C=O) groups excluding carboxylic acids is 1. The van der Waals surface area contributed by atoms with Gasteiger partial charge in [-0.3, -0.25) is 9.78 Å². The Morgan fingerprint density at radius 2 is 1.85 bits per heavy atom. The van der Waals surface area contributed by atoms with Crippen LogP contribution in [-0.2, 0) is 6.54 Å². The molecule has 0 aliphatic carbocycles. The average molecular weight is 386 g/mol. The molecule has 0 aliphatic rings. The van der Waals surface area contributed by atoms with Crippen LogP contribution in [0.2, 0.25) is 5.02 Å². The van der Waals surface area contributed by atoms with E-state index in [4.69, 9.17) is 11.6 Å². The third kappa shape index (κ3) is 4.43. The van der Waals surface area contributed by atoms with Gasteiger partial charge in [0.05, 0.1) is 16.1 Å². The third-order valence-corrected chi connectivity index (χ3v) is 4.68. The highest BCUT2D eigenvalue weighted by atomic mass is 35.5. The molecule has 0 spiro atoms. The molecule has 2 aromatic carbocycles. The van der Waals surface area contributed by atoms with E-state index in [2.05, 4.69) is 4.98 Å². The zero-order chi connectivity index (χ0) is 19.4. The van der Waals surface area contributed by atoms with Crippen molar-refractivity contribution in [2.45, 2.75) is 6.54 Å². The second kappa shape index (κ2) is 8.46. The van der Waals surface area contributed by atoms with Crippen LogP contribution in [-0.4, -0.2) is 47.9 Å². The summed E-state index contributed by atoms with van der Waals surface area (Å²) in [6.45, 7) is 1.26. The molecule has 0 saturated heterocycles. The number of aromatic nitrogens is 1. The number of benzene rings is 2. The van der Waals surface area contributed by atoms with Crippen LogP contribution in [0.15, 0.2) is 54.7 Å². The number of amides is 1. The largest absolute Gasteiger partial charge is 0.333 e. The van der Waals surface area contributed by atoms with Gasteiger partial charge in [-0.05, 0) is 32.3 Å². The molecule has 27 heavy (non-hydrogen) atoms. The molecule has 0 fully saturated rings. The normalized spacial score (nSPS) is 11.1. The highest BCUT2D eigenvalue weighted by Crippen LogP contribution is 2.26. The first-order valence-corrected chi connectivity index (χ1v) is 9.06. The predicted molar refractivity (Wildman–Crippen MR) is 106 cm³/mol. The van der Waals surface area contributed by atoms with Crippen LogP contribution in [0.3, 0.4) is 0 Å². The molecule has 0 aliphatic heterocycles. The first-order chi connectivity index (χ1) is 13.0. The fraction of sp³-hybridized carbons (Fsp3) is 0.238. The van der Waals surface area contributed by atoms with Crippen molar-refractivity contribution in [2.75, 3.05) is 27.2 Å². The van der Waals surface area contributed by atoms with Gasteiger partial charge < -0.3 is 9.80 Å². The van der Waals surface area contributed by atoms with E-state index in [1.165, 1.54) is 6.07 Å². The van der Waals surface area contributed by atoms with Crippen molar-refractivity contribution < 1.29 is 9.18 Å². The van der Waals surface area contributed by atoms with Crippen molar-refractivity contribution >= 4 is 28.4 Å². The number of pyridine rings is 1. The van der Waals surface area contributed by atoms with Crippen molar-refractivity contribution in [3.05, 3.63) is 76.7 Å². The second-order valence-corrected chi connectivity index (χ2v) is 7.03. The van der Waals surface area contributed by atoms with Crippen LogP contribution in [0.4, 0.5) is 4.39 Å². The SMILES string of the molecule is CN(C)CCN(Cc1ccccc1F)C(=O)c1c(Cl)ccc2cccnc12. The molecular weight excluding hydrogens is 365 g/mol. The molecule has 0 bridgehead atoms. The van der Waals surface area contributed by atoms with Crippen LogP contribution < -0.4 is 0 Å². The first kappa shape index (κ1) is 19.3. The van der Waals surface area contributed by atoms with E-state index in [9.17, 15) is 9.18 Å². The minimum Gasteiger partial charge on any atom is -0.333 e. The summed E-state index contributed by atoms with van der Waals surface area (Å²) >= 11 is 6.37. The molecule has 0 unspecified atom stereocenters. The number of fused-ring (bicyclic) bond motifs is 1. The second-order valence-electron chi connectivity index (χ2n) is 6.62. The first-order valence-electron chi connectivity index (χ1n) is 8.68. The molecule has 0 atom stereocenters. The maximum absolute atomic E-state index is 14.2. The van der Waals surface area contributed by atoms with E-state index in [1.807, 2.05) is 37.2 Å². The lowest BCUT2D eigenvalue weighted by Crippen LogP contribution is -2.36. The summed E-state index contributed by atoms with van der Waals surface area (Å²) in [5.74, 6) is -0.586. The summed E-state index contributed by atoms with van der Waals surface area (Å²) in [5.41, 5.74) is 1.37. The summed E-state index contributed by atoms with van der Waals surface area (Å²) in [4.78, 5) is 21.3. The topological polar surface area (TPSA) is 36.4 Å². The van der Waals surface area contributed by atoms with E-state index >= 15 is 0 Å². The van der Waals surface area contributed by atoms with Crippen molar-refractivity contribution in [2.24, 2.45) is 0 Å². The van der Waals surface area contributed by atoms with Crippen LogP contribution in [0.25, 0.3) is 10.9 Å². The number of likely N-dealkylation sites (N-methyl/N-ethyl adjacent to an activating group) is 1. The highest BCUT2D eigenvalue weighted by Gasteiger charge is 2.23. The van der Waals surface area contributed by atoms with Gasteiger partial charge in [0, 0.05) is 36.8 Å². The van der Waals surface area contributed by atoms with E-state index in [0.29, 0.717) is 34.8 Å². The maximum Gasteiger partial charge on any atom is 0.257 e. The molecule has 3 rings (SSSR count). The Bertz CT molecular complexity index is 961. The lowest BCUT2D eigenvalue weighted by molar-refractivity contribution is 0.0732. The number of carbonyl (C=O) groups is 1. The van der Waals surface area contributed by atoms with Gasteiger partial charge in [-0.25, -0.2) is 4.39 Å². The minimum atomic E-state index is -0.331. The summed E-state index contributed by atoms with van der Waals surface area (Å²) in [6.07, 6.45) is 1.64. The van der Waals surface area contributed by atoms with Gasteiger partial charge in [0.15, 0.2) is 0 Å². The lowest BCUT2D eigenvalue weighted by atomic mass is 10.1. The van der Waals surface area contributed by atoms with Gasteiger partial charge in [0.1, 0.15) is 5.82 Å². The Balaban J connectivity index is 2.00. The third-order valence-electron chi connectivity index (χ3n) is 4.36. The van der Waals surface area contributed by atoms with Crippen molar-refractivity contribution in [3.63, 3.8) is 0 Å². The van der Waals surface area contributed by atoms with E-state index in [1.54, 1.807) is 35.4 Å². The Morgan fingerprint density at radius 3 is 2.59 bits per heavy atom. The Morgan fingerprint density at radius 1 is 1.07 bits per heavy atom. The molecule has 140 valence electrons. The Labute approximate surface area is 163 Å². The van der Waals surface area contributed by atoms with Crippen LogP contribution in [0, 0.1) is 5.82 Å². The molecule has 4 nitrogen and oxygen atoms in total. The number of halogens is 2. The van der Waals surface area contributed by atoms with Gasteiger partial charge in [-0.2, -0.15) is 0 Å². The smallest absolute Gasteiger partial charge is 0.257 e. The molecule has 3 aromatic rings. The van der Waals surface area contributed by atoms with E-state index in [0.717, 1.165) is 5.39 Å². The number of rotatable bonds is 6. The van der Waals surface area contributed by atoms with Crippen LogP contribution >= 0.6 is 11.6 Å². The summed E-state index contributed by atoms with van der Waals surface area (Å²) < 4.78 is 14.2. The molecule has 0 saturated carbocycles. The van der Waals surface area contributed by atoms with Crippen molar-refractivity contribution in [1.82, 2.24) is 14.8 Å².